The maximum absolute atomic E-state index is 12.0. The normalized spacial score (nSPS) is 11.5. The van der Waals surface area contributed by atoms with E-state index in [1.165, 1.54) is 19.1 Å². The number of carbonyl (C=O) groups is 4. The van der Waals surface area contributed by atoms with Crippen LogP contribution < -0.4 is 10.1 Å². The van der Waals surface area contributed by atoms with Gasteiger partial charge >= 0.3 is 17.2 Å². The van der Waals surface area contributed by atoms with Gasteiger partial charge in [-0.25, -0.2) is 14.4 Å². The van der Waals surface area contributed by atoms with E-state index in [4.69, 9.17) is 14.6 Å². The first-order valence-electron chi connectivity index (χ1n) is 7.35. The molecule has 0 saturated carbocycles. The lowest BCUT2D eigenvalue weighted by Crippen LogP contribution is -2.41. The van der Waals surface area contributed by atoms with Gasteiger partial charge in [-0.15, -0.1) is 0 Å². The van der Waals surface area contributed by atoms with Crippen molar-refractivity contribution in [2.24, 2.45) is 0 Å². The van der Waals surface area contributed by atoms with E-state index in [0.717, 1.165) is 0 Å². The minimum Gasteiger partial charge on any atom is -0.480 e. The summed E-state index contributed by atoms with van der Waals surface area (Å²) >= 11 is 0.575. The van der Waals surface area contributed by atoms with E-state index in [1.54, 1.807) is 26.0 Å². The molecule has 0 fully saturated rings. The number of amides is 1. The molecular weight excluding hydrogens is 350 g/mol. The van der Waals surface area contributed by atoms with Gasteiger partial charge in [0.2, 0.25) is 5.91 Å². The number of hydrogen-bond donors (Lipinski definition) is 2. The molecule has 2 N–H and O–H groups in total. The Hall–Kier alpha value is -2.55. The molecule has 0 aliphatic carbocycles. The van der Waals surface area contributed by atoms with Gasteiger partial charge in [-0.2, -0.15) is 0 Å². The molecule has 0 radical (unpaired) electrons. The largest absolute Gasteiger partial charge is 0.480 e. The predicted octanol–water partition coefficient (Wildman–Crippen LogP) is 2.07. The molecule has 9 heteroatoms. The Morgan fingerprint density at radius 3 is 2.40 bits per heavy atom. The third-order valence-electron chi connectivity index (χ3n) is 2.69. The summed E-state index contributed by atoms with van der Waals surface area (Å²) in [5, 5.41) is 10.4. The summed E-state index contributed by atoms with van der Waals surface area (Å²) in [5.74, 6) is -2.63. The molecule has 0 aliphatic rings. The van der Waals surface area contributed by atoms with Crippen molar-refractivity contribution in [1.29, 1.82) is 0 Å². The average Bonchev–Trinajstić information content (AvgIpc) is 2.50. The third kappa shape index (κ3) is 7.25. The van der Waals surface area contributed by atoms with Crippen LogP contribution in [0.2, 0.25) is 0 Å². The molecule has 1 aromatic rings. The van der Waals surface area contributed by atoms with Crippen LogP contribution in [0.5, 0.6) is 5.75 Å². The maximum Gasteiger partial charge on any atom is 0.372 e. The highest BCUT2D eigenvalue weighted by Crippen LogP contribution is 2.22. The SMILES string of the molecule is CC(=O)N[C@H](CSC(=O)Oc1ccccc1C(=O)OC(C)C)C(=O)O. The first-order valence-corrected chi connectivity index (χ1v) is 8.33. The van der Waals surface area contributed by atoms with E-state index in [9.17, 15) is 19.2 Å². The van der Waals surface area contributed by atoms with Crippen molar-refractivity contribution in [3.8, 4) is 5.75 Å². The summed E-state index contributed by atoms with van der Waals surface area (Å²) in [6, 6.07) is 4.83. The fourth-order valence-electron chi connectivity index (χ4n) is 1.69. The van der Waals surface area contributed by atoms with Crippen LogP contribution in [0.15, 0.2) is 24.3 Å². The van der Waals surface area contributed by atoms with Crippen LogP contribution in [0.1, 0.15) is 31.1 Å². The summed E-state index contributed by atoms with van der Waals surface area (Å²) in [5.41, 5.74) is 0.0850. The molecule has 25 heavy (non-hydrogen) atoms. The second-order valence-electron chi connectivity index (χ2n) is 5.20. The second kappa shape index (κ2) is 9.67. The number of carboxylic acid groups (broad SMARTS) is 1. The Morgan fingerprint density at radius 1 is 1.20 bits per heavy atom. The lowest BCUT2D eigenvalue weighted by molar-refractivity contribution is -0.140. The Bertz CT molecular complexity index is 660. The second-order valence-corrected chi connectivity index (χ2v) is 6.16. The van der Waals surface area contributed by atoms with Crippen molar-refractivity contribution < 1.29 is 33.8 Å². The zero-order chi connectivity index (χ0) is 19.0. The zero-order valence-corrected chi connectivity index (χ0v) is 14.8. The van der Waals surface area contributed by atoms with Crippen molar-refractivity contribution in [2.75, 3.05) is 5.75 Å². The van der Waals surface area contributed by atoms with E-state index in [1.807, 2.05) is 0 Å². The molecule has 0 heterocycles. The van der Waals surface area contributed by atoms with Gasteiger partial charge in [-0.05, 0) is 37.7 Å². The van der Waals surface area contributed by atoms with Crippen LogP contribution in [-0.2, 0) is 14.3 Å². The van der Waals surface area contributed by atoms with Crippen LogP contribution in [0.25, 0.3) is 0 Å². The fraction of sp³-hybridized carbons (Fsp3) is 0.375. The number of rotatable bonds is 7. The standard InChI is InChI=1S/C16H19NO7S/c1-9(2)23-15(21)11-6-4-5-7-13(11)24-16(22)25-8-12(14(19)20)17-10(3)18/h4-7,9,12H,8H2,1-3H3,(H,17,18)(H,19,20)/t12-/m1/s1. The van der Waals surface area contributed by atoms with Crippen LogP contribution in [-0.4, -0.2) is 46.2 Å². The van der Waals surface area contributed by atoms with Gasteiger partial charge < -0.3 is 19.9 Å². The van der Waals surface area contributed by atoms with Crippen molar-refractivity contribution in [3.63, 3.8) is 0 Å². The number of aliphatic carboxylic acids is 1. The van der Waals surface area contributed by atoms with Crippen LogP contribution in [0.4, 0.5) is 4.79 Å². The van der Waals surface area contributed by atoms with Crippen LogP contribution in [0, 0.1) is 0 Å². The number of carbonyl (C=O) groups excluding carboxylic acids is 3. The molecule has 8 nitrogen and oxygen atoms in total. The number of thioether (sulfide) groups is 1. The van der Waals surface area contributed by atoms with Crippen molar-refractivity contribution in [1.82, 2.24) is 5.32 Å². The number of benzene rings is 1. The molecule has 0 aromatic heterocycles. The summed E-state index contributed by atoms with van der Waals surface area (Å²) < 4.78 is 10.2. The van der Waals surface area contributed by atoms with Gasteiger partial charge in [0.1, 0.15) is 17.4 Å². The molecule has 1 aromatic carbocycles. The van der Waals surface area contributed by atoms with Gasteiger partial charge in [-0.1, -0.05) is 12.1 Å². The Kier molecular flexibility index (Phi) is 7.93. The van der Waals surface area contributed by atoms with Crippen molar-refractivity contribution in [2.45, 2.75) is 32.9 Å². The Labute approximate surface area is 148 Å². The van der Waals surface area contributed by atoms with E-state index in [0.29, 0.717) is 11.8 Å². The quantitative estimate of drug-likeness (QED) is 0.701. The molecule has 1 rings (SSSR count). The van der Waals surface area contributed by atoms with Gasteiger partial charge in [-0.3, -0.25) is 4.79 Å². The first kappa shape index (κ1) is 20.5. The molecule has 0 saturated heterocycles. The Morgan fingerprint density at radius 2 is 1.84 bits per heavy atom. The first-order chi connectivity index (χ1) is 11.7. The number of esters is 1. The molecule has 136 valence electrons. The minimum atomic E-state index is -1.27. The van der Waals surface area contributed by atoms with Crippen molar-refractivity contribution in [3.05, 3.63) is 29.8 Å². The summed E-state index contributed by atoms with van der Waals surface area (Å²) in [7, 11) is 0. The lowest BCUT2D eigenvalue weighted by Gasteiger charge is -2.13. The highest BCUT2D eigenvalue weighted by Gasteiger charge is 2.22. The molecule has 1 amide bonds. The predicted molar refractivity (Wildman–Crippen MR) is 90.7 cm³/mol. The minimum absolute atomic E-state index is 0.0112. The molecule has 1 atom stereocenters. The fourth-order valence-corrected chi connectivity index (χ4v) is 2.37. The number of para-hydroxylation sites is 1. The maximum atomic E-state index is 12.0. The number of hydrogen-bond acceptors (Lipinski definition) is 7. The van der Waals surface area contributed by atoms with Crippen LogP contribution in [0.3, 0.4) is 0 Å². The lowest BCUT2D eigenvalue weighted by atomic mass is 10.2. The van der Waals surface area contributed by atoms with Crippen LogP contribution >= 0.6 is 11.8 Å². The zero-order valence-electron chi connectivity index (χ0n) is 14.0. The average molecular weight is 369 g/mol. The molecule has 0 aliphatic heterocycles. The molecule has 0 bridgehead atoms. The van der Waals surface area contributed by atoms with Gasteiger partial charge in [0, 0.05) is 12.7 Å². The molecule has 0 spiro atoms. The van der Waals surface area contributed by atoms with Gasteiger partial charge in [0.25, 0.3) is 0 Å². The highest BCUT2D eigenvalue weighted by molar-refractivity contribution is 8.13. The number of carboxylic acids is 1. The smallest absolute Gasteiger partial charge is 0.372 e. The van der Waals surface area contributed by atoms with E-state index in [2.05, 4.69) is 5.32 Å². The third-order valence-corrected chi connectivity index (χ3v) is 3.51. The number of nitrogens with one attached hydrogen (secondary N) is 1. The van der Waals surface area contributed by atoms with Gasteiger partial charge in [0.15, 0.2) is 0 Å². The monoisotopic (exact) mass is 369 g/mol. The van der Waals surface area contributed by atoms with E-state index in [-0.39, 0.29) is 23.2 Å². The topological polar surface area (TPSA) is 119 Å². The van der Waals surface area contributed by atoms with E-state index < -0.39 is 29.2 Å². The number of ether oxygens (including phenoxy) is 2. The summed E-state index contributed by atoms with van der Waals surface area (Å²) in [6.45, 7) is 4.56. The van der Waals surface area contributed by atoms with Crippen molar-refractivity contribution >= 4 is 34.9 Å². The van der Waals surface area contributed by atoms with E-state index >= 15 is 0 Å². The van der Waals surface area contributed by atoms with Gasteiger partial charge in [0.05, 0.1) is 6.10 Å². The molecular formula is C16H19NO7S. The Balaban J connectivity index is 2.72. The summed E-state index contributed by atoms with van der Waals surface area (Å²) in [4.78, 5) is 45.9. The summed E-state index contributed by atoms with van der Waals surface area (Å²) in [6.07, 6.45) is -0.334. The highest BCUT2D eigenvalue weighted by atomic mass is 32.2. The molecule has 0 unspecified atom stereocenters.